The second-order valence-corrected chi connectivity index (χ2v) is 9.77. The Morgan fingerprint density at radius 2 is 1.69 bits per heavy atom. The lowest BCUT2D eigenvalue weighted by molar-refractivity contribution is -0.149. The number of hydrogen-bond donors (Lipinski definition) is 2. The molecule has 5 aliphatic rings. The number of rotatable bonds is 6. The summed E-state index contributed by atoms with van der Waals surface area (Å²) in [6.07, 6.45) is 9.27. The third-order valence-electron chi connectivity index (χ3n) is 7.28. The molecule has 4 aliphatic carbocycles. The van der Waals surface area contributed by atoms with Crippen molar-refractivity contribution >= 4 is 11.8 Å². The number of ether oxygens (including phenoxy) is 1. The molecule has 4 saturated carbocycles. The maximum atomic E-state index is 13.3. The van der Waals surface area contributed by atoms with Crippen molar-refractivity contribution in [2.24, 2.45) is 29.1 Å². The molecule has 146 valence electrons. The van der Waals surface area contributed by atoms with E-state index >= 15 is 0 Å². The zero-order valence-electron chi connectivity index (χ0n) is 16.3. The van der Waals surface area contributed by atoms with E-state index in [1.54, 1.807) is 0 Å². The summed E-state index contributed by atoms with van der Waals surface area (Å²) in [5.41, 5.74) is -0.198. The van der Waals surface area contributed by atoms with Crippen LogP contribution in [0.3, 0.4) is 0 Å². The quantitative estimate of drug-likeness (QED) is 0.763. The molecule has 0 aromatic rings. The number of carbonyl (C=O) groups is 2. The second kappa shape index (κ2) is 7.14. The van der Waals surface area contributed by atoms with Crippen molar-refractivity contribution in [1.29, 1.82) is 0 Å². The van der Waals surface area contributed by atoms with E-state index in [0.717, 1.165) is 56.5 Å². The highest BCUT2D eigenvalue weighted by atomic mass is 16.5. The standard InChI is InChI=1S/C21H34N2O3/c1-13(2)18(19(24)22-12-17-4-3-5-26-17)23-20(25)21-9-14-6-15(10-21)8-16(7-14)11-21/h13-18H,3-12H2,1-2H3,(H,22,24)(H,23,25)/t14?,15?,16?,17-,18+,21?/m0/s1. The van der Waals surface area contributed by atoms with E-state index in [1.807, 2.05) is 13.8 Å². The molecular formula is C21H34N2O3. The fourth-order valence-corrected chi connectivity index (χ4v) is 6.35. The SMILES string of the molecule is CC(C)[C@@H](NC(=O)C12CC3CC(CC(C3)C1)C2)C(=O)NC[C@@H]1CCCO1. The fraction of sp³-hybridized carbons (Fsp3) is 0.905. The molecule has 5 nitrogen and oxygen atoms in total. The highest BCUT2D eigenvalue weighted by Crippen LogP contribution is 2.60. The van der Waals surface area contributed by atoms with Gasteiger partial charge in [-0.25, -0.2) is 0 Å². The average molecular weight is 363 g/mol. The second-order valence-electron chi connectivity index (χ2n) is 9.77. The molecule has 2 N–H and O–H groups in total. The first kappa shape index (κ1) is 18.3. The predicted molar refractivity (Wildman–Crippen MR) is 99.4 cm³/mol. The van der Waals surface area contributed by atoms with Crippen molar-refractivity contribution in [2.45, 2.75) is 77.4 Å². The summed E-state index contributed by atoms with van der Waals surface area (Å²) < 4.78 is 5.59. The van der Waals surface area contributed by atoms with Gasteiger partial charge in [0.1, 0.15) is 6.04 Å². The lowest BCUT2D eigenvalue weighted by Crippen LogP contribution is -2.58. The van der Waals surface area contributed by atoms with Crippen molar-refractivity contribution in [3.05, 3.63) is 0 Å². The molecule has 1 saturated heterocycles. The molecule has 0 unspecified atom stereocenters. The summed E-state index contributed by atoms with van der Waals surface area (Å²) in [6.45, 7) is 5.36. The van der Waals surface area contributed by atoms with E-state index in [4.69, 9.17) is 4.74 Å². The predicted octanol–water partition coefficient (Wildman–Crippen LogP) is 2.64. The maximum Gasteiger partial charge on any atom is 0.242 e. The summed E-state index contributed by atoms with van der Waals surface area (Å²) in [5, 5.41) is 6.16. The van der Waals surface area contributed by atoms with Crippen molar-refractivity contribution in [3.63, 3.8) is 0 Å². The van der Waals surface area contributed by atoms with E-state index in [1.165, 1.54) is 19.3 Å². The van der Waals surface area contributed by atoms with E-state index in [2.05, 4.69) is 10.6 Å². The Morgan fingerprint density at radius 1 is 1.08 bits per heavy atom. The van der Waals surface area contributed by atoms with Gasteiger partial charge in [-0.2, -0.15) is 0 Å². The Labute approximate surface area is 157 Å². The molecule has 1 aliphatic heterocycles. The van der Waals surface area contributed by atoms with Crippen LogP contribution in [0.2, 0.25) is 0 Å². The van der Waals surface area contributed by atoms with E-state index in [-0.39, 0.29) is 29.3 Å². The Kier molecular flexibility index (Phi) is 5.02. The molecule has 5 heteroatoms. The number of nitrogens with one attached hydrogen (secondary N) is 2. The minimum absolute atomic E-state index is 0.0615. The van der Waals surface area contributed by atoms with Crippen LogP contribution in [-0.2, 0) is 14.3 Å². The highest BCUT2D eigenvalue weighted by Gasteiger charge is 2.55. The van der Waals surface area contributed by atoms with Crippen LogP contribution in [0.4, 0.5) is 0 Å². The van der Waals surface area contributed by atoms with Gasteiger partial charge in [-0.3, -0.25) is 9.59 Å². The largest absolute Gasteiger partial charge is 0.376 e. The normalized spacial score (nSPS) is 39.2. The molecule has 0 radical (unpaired) electrons. The van der Waals surface area contributed by atoms with Gasteiger partial charge in [0, 0.05) is 18.6 Å². The van der Waals surface area contributed by atoms with Crippen LogP contribution in [0.1, 0.15) is 65.2 Å². The number of amides is 2. The minimum Gasteiger partial charge on any atom is -0.376 e. The van der Waals surface area contributed by atoms with Crippen LogP contribution in [0.25, 0.3) is 0 Å². The summed E-state index contributed by atoms with van der Waals surface area (Å²) >= 11 is 0. The zero-order chi connectivity index (χ0) is 18.3. The smallest absolute Gasteiger partial charge is 0.242 e. The minimum atomic E-state index is -0.447. The van der Waals surface area contributed by atoms with Gasteiger partial charge in [-0.1, -0.05) is 13.8 Å². The first-order valence-corrected chi connectivity index (χ1v) is 10.7. The highest BCUT2D eigenvalue weighted by molar-refractivity contribution is 5.90. The van der Waals surface area contributed by atoms with Crippen molar-refractivity contribution in [1.82, 2.24) is 10.6 Å². The zero-order valence-corrected chi connectivity index (χ0v) is 16.3. The number of hydrogen-bond acceptors (Lipinski definition) is 3. The van der Waals surface area contributed by atoms with Gasteiger partial charge < -0.3 is 15.4 Å². The Balaban J connectivity index is 1.38. The Morgan fingerprint density at radius 3 is 2.19 bits per heavy atom. The van der Waals surface area contributed by atoms with Crippen LogP contribution in [0, 0.1) is 29.1 Å². The molecule has 26 heavy (non-hydrogen) atoms. The van der Waals surface area contributed by atoms with Crippen LogP contribution in [-0.4, -0.2) is 37.1 Å². The molecule has 5 fully saturated rings. The van der Waals surface area contributed by atoms with Crippen LogP contribution in [0.5, 0.6) is 0 Å². The van der Waals surface area contributed by atoms with Crippen LogP contribution in [0.15, 0.2) is 0 Å². The van der Waals surface area contributed by atoms with E-state index in [0.29, 0.717) is 6.54 Å². The van der Waals surface area contributed by atoms with Gasteiger partial charge in [0.15, 0.2) is 0 Å². The molecule has 0 aromatic carbocycles. The third-order valence-corrected chi connectivity index (χ3v) is 7.28. The lowest BCUT2D eigenvalue weighted by Gasteiger charge is -2.55. The summed E-state index contributed by atoms with van der Waals surface area (Å²) in [7, 11) is 0. The first-order valence-electron chi connectivity index (χ1n) is 10.7. The molecular weight excluding hydrogens is 328 g/mol. The Bertz CT molecular complexity index is 518. The van der Waals surface area contributed by atoms with Gasteiger partial charge in [0.25, 0.3) is 0 Å². The van der Waals surface area contributed by atoms with Gasteiger partial charge in [-0.05, 0) is 75.0 Å². The summed E-state index contributed by atoms with van der Waals surface area (Å²) in [6, 6.07) is -0.447. The fourth-order valence-electron chi connectivity index (χ4n) is 6.35. The lowest BCUT2D eigenvalue weighted by atomic mass is 9.49. The average Bonchev–Trinajstić information content (AvgIpc) is 3.09. The molecule has 4 bridgehead atoms. The van der Waals surface area contributed by atoms with Crippen molar-refractivity contribution in [3.8, 4) is 0 Å². The van der Waals surface area contributed by atoms with E-state index in [9.17, 15) is 9.59 Å². The van der Waals surface area contributed by atoms with Gasteiger partial charge in [0.05, 0.1) is 6.10 Å². The number of carbonyl (C=O) groups excluding carboxylic acids is 2. The van der Waals surface area contributed by atoms with Gasteiger partial charge in [0.2, 0.25) is 11.8 Å². The third kappa shape index (κ3) is 3.51. The molecule has 2 atom stereocenters. The van der Waals surface area contributed by atoms with Crippen LogP contribution >= 0.6 is 0 Å². The topological polar surface area (TPSA) is 67.4 Å². The maximum absolute atomic E-state index is 13.3. The van der Waals surface area contributed by atoms with Crippen LogP contribution < -0.4 is 10.6 Å². The first-order chi connectivity index (χ1) is 12.4. The van der Waals surface area contributed by atoms with Gasteiger partial charge >= 0.3 is 0 Å². The van der Waals surface area contributed by atoms with E-state index < -0.39 is 6.04 Å². The Hall–Kier alpha value is -1.10. The monoisotopic (exact) mass is 362 g/mol. The molecule has 2 amide bonds. The van der Waals surface area contributed by atoms with Crippen molar-refractivity contribution in [2.75, 3.05) is 13.2 Å². The molecule has 0 spiro atoms. The molecule has 0 aromatic heterocycles. The summed E-state index contributed by atoms with van der Waals surface area (Å²) in [4.78, 5) is 26.0. The van der Waals surface area contributed by atoms with Crippen molar-refractivity contribution < 1.29 is 14.3 Å². The van der Waals surface area contributed by atoms with Gasteiger partial charge in [-0.15, -0.1) is 0 Å². The molecule has 1 heterocycles. The molecule has 5 rings (SSSR count). The summed E-state index contributed by atoms with van der Waals surface area (Å²) in [5.74, 6) is 2.36.